The molecule has 7 heteroatoms. The van der Waals surface area contributed by atoms with Crippen LogP contribution in [-0.4, -0.2) is 43.8 Å². The van der Waals surface area contributed by atoms with Crippen LogP contribution in [0.25, 0.3) is 0 Å². The summed E-state index contributed by atoms with van der Waals surface area (Å²) in [6, 6.07) is 0. The molecule has 1 aromatic rings. The van der Waals surface area contributed by atoms with Gasteiger partial charge in [-0.2, -0.15) is 16.9 Å². The Morgan fingerprint density at radius 3 is 2.48 bits per heavy atom. The van der Waals surface area contributed by atoms with Gasteiger partial charge in [-0.25, -0.2) is 4.79 Å². The second-order valence-electron chi connectivity index (χ2n) is 6.30. The van der Waals surface area contributed by atoms with Crippen molar-refractivity contribution in [2.24, 2.45) is 0 Å². The van der Waals surface area contributed by atoms with Crippen LogP contribution >= 0.6 is 11.8 Å². The van der Waals surface area contributed by atoms with Gasteiger partial charge in [-0.3, -0.25) is 9.48 Å². The minimum Gasteiger partial charge on any atom is -0.480 e. The molecule has 21 heavy (non-hydrogen) atoms. The number of aliphatic carboxylic acids is 1. The van der Waals surface area contributed by atoms with Crippen molar-refractivity contribution in [1.82, 2.24) is 15.1 Å². The fourth-order valence-electron chi connectivity index (χ4n) is 2.21. The number of carboxylic acids is 1. The summed E-state index contributed by atoms with van der Waals surface area (Å²) in [5.41, 5.74) is -0.972. The highest BCUT2D eigenvalue weighted by Crippen LogP contribution is 2.28. The third kappa shape index (κ3) is 3.40. The second-order valence-corrected chi connectivity index (χ2v) is 7.52. The minimum atomic E-state index is -1.15. The Morgan fingerprint density at radius 1 is 1.38 bits per heavy atom. The van der Waals surface area contributed by atoms with Crippen molar-refractivity contribution >= 4 is 23.6 Å². The van der Waals surface area contributed by atoms with E-state index in [1.165, 1.54) is 6.20 Å². The Bertz CT molecular complexity index is 542. The molecule has 0 unspecified atom stereocenters. The van der Waals surface area contributed by atoms with Crippen LogP contribution in [0.2, 0.25) is 0 Å². The van der Waals surface area contributed by atoms with Crippen LogP contribution in [0.1, 0.15) is 44.0 Å². The highest BCUT2D eigenvalue weighted by Gasteiger charge is 2.41. The van der Waals surface area contributed by atoms with E-state index in [4.69, 9.17) is 0 Å². The van der Waals surface area contributed by atoms with Gasteiger partial charge < -0.3 is 10.4 Å². The lowest BCUT2D eigenvalue weighted by atomic mass is 9.92. The summed E-state index contributed by atoms with van der Waals surface area (Å²) >= 11 is 1.71. The summed E-state index contributed by atoms with van der Waals surface area (Å²) < 4.78 is 1.70. The zero-order valence-corrected chi connectivity index (χ0v) is 13.4. The van der Waals surface area contributed by atoms with Gasteiger partial charge in [-0.1, -0.05) is 0 Å². The summed E-state index contributed by atoms with van der Waals surface area (Å²) in [5.74, 6) is 0.154. The van der Waals surface area contributed by atoms with Gasteiger partial charge in [-0.15, -0.1) is 0 Å². The Morgan fingerprint density at radius 2 is 2.00 bits per heavy atom. The van der Waals surface area contributed by atoms with Gasteiger partial charge in [0, 0.05) is 6.20 Å². The van der Waals surface area contributed by atoms with Gasteiger partial charge in [0.2, 0.25) is 0 Å². The molecule has 1 fully saturated rings. The van der Waals surface area contributed by atoms with Crippen molar-refractivity contribution in [3.63, 3.8) is 0 Å². The first-order valence-corrected chi connectivity index (χ1v) is 8.09. The third-order valence-electron chi connectivity index (χ3n) is 3.64. The number of aromatic nitrogens is 2. The van der Waals surface area contributed by atoms with Crippen LogP contribution in [0.3, 0.4) is 0 Å². The van der Waals surface area contributed by atoms with Crippen molar-refractivity contribution in [2.75, 3.05) is 11.5 Å². The number of carbonyl (C=O) groups excluding carboxylic acids is 1. The van der Waals surface area contributed by atoms with E-state index >= 15 is 0 Å². The standard InChI is InChI=1S/C14H21N3O3S/c1-13(2,3)17-9-10(8-15-17)11(18)16-14(12(19)20)4-6-21-7-5-14/h8-9H,4-7H2,1-3H3,(H,16,18)(H,19,20). The number of nitrogens with one attached hydrogen (secondary N) is 1. The highest BCUT2D eigenvalue weighted by atomic mass is 32.2. The van der Waals surface area contributed by atoms with E-state index in [1.54, 1.807) is 22.6 Å². The number of rotatable bonds is 3. The molecular weight excluding hydrogens is 290 g/mol. The van der Waals surface area contributed by atoms with E-state index in [-0.39, 0.29) is 11.4 Å². The predicted octanol–water partition coefficient (Wildman–Crippen LogP) is 1.72. The SMILES string of the molecule is CC(C)(C)n1cc(C(=O)NC2(C(=O)O)CCSCC2)cn1. The molecule has 116 valence electrons. The molecule has 6 nitrogen and oxygen atoms in total. The second kappa shape index (κ2) is 5.71. The number of nitrogens with zero attached hydrogens (tertiary/aromatic N) is 2. The number of carbonyl (C=O) groups is 2. The Labute approximate surface area is 128 Å². The molecule has 1 amide bonds. The molecule has 2 rings (SSSR count). The number of thioether (sulfide) groups is 1. The van der Waals surface area contributed by atoms with Gasteiger partial charge in [-0.05, 0) is 45.1 Å². The van der Waals surface area contributed by atoms with Crippen molar-refractivity contribution in [2.45, 2.75) is 44.7 Å². The summed E-state index contributed by atoms with van der Waals surface area (Å²) in [5, 5.41) is 16.4. The lowest BCUT2D eigenvalue weighted by Gasteiger charge is -2.33. The maximum atomic E-state index is 12.3. The molecule has 1 aromatic heterocycles. The first kappa shape index (κ1) is 15.9. The molecule has 0 bridgehead atoms. The summed E-state index contributed by atoms with van der Waals surface area (Å²) in [6.45, 7) is 5.95. The summed E-state index contributed by atoms with van der Waals surface area (Å²) in [7, 11) is 0. The number of hydrogen-bond acceptors (Lipinski definition) is 4. The fourth-order valence-corrected chi connectivity index (χ4v) is 3.40. The quantitative estimate of drug-likeness (QED) is 0.888. The molecular formula is C14H21N3O3S. The molecule has 0 spiro atoms. The molecule has 1 aliphatic rings. The molecule has 0 radical (unpaired) electrons. The topological polar surface area (TPSA) is 84.2 Å². The minimum absolute atomic E-state index is 0.218. The fraction of sp³-hybridized carbons (Fsp3) is 0.643. The number of carboxylic acid groups (broad SMARTS) is 1. The molecule has 2 heterocycles. The monoisotopic (exact) mass is 311 g/mol. The van der Waals surface area contributed by atoms with Crippen molar-refractivity contribution in [3.8, 4) is 0 Å². The van der Waals surface area contributed by atoms with E-state index in [1.807, 2.05) is 20.8 Å². The molecule has 1 aliphatic heterocycles. The van der Waals surface area contributed by atoms with Gasteiger partial charge >= 0.3 is 5.97 Å². The smallest absolute Gasteiger partial charge is 0.329 e. The molecule has 0 aromatic carbocycles. The normalized spacial score (nSPS) is 18.2. The molecule has 1 saturated heterocycles. The van der Waals surface area contributed by atoms with Crippen molar-refractivity contribution in [3.05, 3.63) is 18.0 Å². The van der Waals surface area contributed by atoms with E-state index in [0.29, 0.717) is 18.4 Å². The van der Waals surface area contributed by atoms with Crippen molar-refractivity contribution in [1.29, 1.82) is 0 Å². The van der Waals surface area contributed by atoms with Gasteiger partial charge in [0.05, 0.1) is 17.3 Å². The van der Waals surface area contributed by atoms with E-state index in [2.05, 4.69) is 10.4 Å². The van der Waals surface area contributed by atoms with Crippen LogP contribution in [0.5, 0.6) is 0 Å². The Kier molecular flexibility index (Phi) is 4.32. The van der Waals surface area contributed by atoms with Crippen LogP contribution < -0.4 is 5.32 Å². The largest absolute Gasteiger partial charge is 0.480 e. The lowest BCUT2D eigenvalue weighted by Crippen LogP contribution is -2.56. The van der Waals surface area contributed by atoms with E-state index < -0.39 is 11.5 Å². The molecule has 0 saturated carbocycles. The van der Waals surface area contributed by atoms with Gasteiger partial charge in [0.25, 0.3) is 5.91 Å². The van der Waals surface area contributed by atoms with Crippen LogP contribution in [0.4, 0.5) is 0 Å². The maximum Gasteiger partial charge on any atom is 0.329 e. The Balaban J connectivity index is 2.16. The highest BCUT2D eigenvalue weighted by molar-refractivity contribution is 7.99. The summed E-state index contributed by atoms with van der Waals surface area (Å²) in [4.78, 5) is 23.9. The molecule has 0 aliphatic carbocycles. The molecule has 2 N–H and O–H groups in total. The average molecular weight is 311 g/mol. The number of hydrogen-bond donors (Lipinski definition) is 2. The zero-order valence-electron chi connectivity index (χ0n) is 12.5. The Hall–Kier alpha value is -1.50. The molecule has 0 atom stereocenters. The van der Waals surface area contributed by atoms with Crippen LogP contribution in [0, 0.1) is 0 Å². The van der Waals surface area contributed by atoms with Crippen LogP contribution in [-0.2, 0) is 10.3 Å². The van der Waals surface area contributed by atoms with Crippen LogP contribution in [0.15, 0.2) is 12.4 Å². The maximum absolute atomic E-state index is 12.3. The van der Waals surface area contributed by atoms with Gasteiger partial charge in [0.15, 0.2) is 0 Å². The van der Waals surface area contributed by atoms with E-state index in [0.717, 1.165) is 11.5 Å². The van der Waals surface area contributed by atoms with E-state index in [9.17, 15) is 14.7 Å². The number of amides is 1. The predicted molar refractivity (Wildman–Crippen MR) is 81.6 cm³/mol. The van der Waals surface area contributed by atoms with Crippen molar-refractivity contribution < 1.29 is 14.7 Å². The van der Waals surface area contributed by atoms with Gasteiger partial charge in [0.1, 0.15) is 5.54 Å². The first-order valence-electron chi connectivity index (χ1n) is 6.93. The zero-order chi connectivity index (χ0) is 15.7. The lowest BCUT2D eigenvalue weighted by molar-refractivity contribution is -0.144. The third-order valence-corrected chi connectivity index (χ3v) is 4.63. The summed E-state index contributed by atoms with van der Waals surface area (Å²) in [6.07, 6.45) is 4.04. The first-order chi connectivity index (χ1) is 9.74. The average Bonchev–Trinajstić information content (AvgIpc) is 2.89.